The summed E-state index contributed by atoms with van der Waals surface area (Å²) in [5, 5.41) is 0. The third kappa shape index (κ3) is 1.28. The van der Waals surface area contributed by atoms with Gasteiger partial charge in [0.2, 0.25) is 0 Å². The van der Waals surface area contributed by atoms with Crippen molar-refractivity contribution in [3.63, 3.8) is 0 Å². The molecule has 0 saturated carbocycles. The molecule has 1 aliphatic carbocycles. The van der Waals surface area contributed by atoms with Gasteiger partial charge in [-0.15, -0.1) is 0 Å². The van der Waals surface area contributed by atoms with Crippen LogP contribution in [-0.2, 0) is 6.42 Å². The highest BCUT2D eigenvalue weighted by atomic mass is 16.5. The van der Waals surface area contributed by atoms with Gasteiger partial charge in [-0.25, -0.2) is 0 Å². The molecular formula is C11H12O2. The Morgan fingerprint density at radius 2 is 2.00 bits per heavy atom. The molecule has 68 valence electrons. The maximum Gasteiger partial charge on any atom is 0.126 e. The van der Waals surface area contributed by atoms with E-state index in [1.807, 2.05) is 12.1 Å². The fourth-order valence-corrected chi connectivity index (χ4v) is 1.61. The van der Waals surface area contributed by atoms with E-state index in [1.54, 1.807) is 14.2 Å². The summed E-state index contributed by atoms with van der Waals surface area (Å²) in [5.41, 5.74) is 2.46. The molecule has 0 aromatic heterocycles. The minimum Gasteiger partial charge on any atom is -0.497 e. The van der Waals surface area contributed by atoms with Crippen molar-refractivity contribution in [3.8, 4) is 11.5 Å². The second-order valence-corrected chi connectivity index (χ2v) is 3.00. The van der Waals surface area contributed by atoms with E-state index < -0.39 is 0 Å². The van der Waals surface area contributed by atoms with Gasteiger partial charge in [0.25, 0.3) is 0 Å². The minimum absolute atomic E-state index is 0.849. The number of ether oxygens (including phenoxy) is 2. The first kappa shape index (κ1) is 8.17. The van der Waals surface area contributed by atoms with E-state index in [1.165, 1.54) is 11.1 Å². The number of rotatable bonds is 2. The van der Waals surface area contributed by atoms with Gasteiger partial charge in [-0.05, 0) is 18.1 Å². The van der Waals surface area contributed by atoms with Crippen molar-refractivity contribution in [1.82, 2.24) is 0 Å². The Morgan fingerprint density at radius 3 is 2.69 bits per heavy atom. The largest absolute Gasteiger partial charge is 0.497 e. The summed E-state index contributed by atoms with van der Waals surface area (Å²) >= 11 is 0. The van der Waals surface area contributed by atoms with Crippen LogP contribution in [0.5, 0.6) is 11.5 Å². The molecule has 2 rings (SSSR count). The third-order valence-corrected chi connectivity index (χ3v) is 2.29. The van der Waals surface area contributed by atoms with E-state index in [4.69, 9.17) is 9.47 Å². The average molecular weight is 176 g/mol. The topological polar surface area (TPSA) is 18.5 Å². The molecule has 0 heterocycles. The van der Waals surface area contributed by atoms with Crippen LogP contribution in [0, 0.1) is 0 Å². The average Bonchev–Trinajstić information content (AvgIpc) is 2.63. The molecule has 1 aromatic rings. The Bertz CT molecular complexity index is 353. The first-order valence-corrected chi connectivity index (χ1v) is 4.26. The zero-order valence-electron chi connectivity index (χ0n) is 7.83. The number of hydrogen-bond acceptors (Lipinski definition) is 2. The summed E-state index contributed by atoms with van der Waals surface area (Å²) in [7, 11) is 3.35. The smallest absolute Gasteiger partial charge is 0.126 e. The van der Waals surface area contributed by atoms with Crippen molar-refractivity contribution >= 4 is 6.08 Å². The number of methoxy groups -OCH3 is 2. The number of fused-ring (bicyclic) bond motifs is 1. The van der Waals surface area contributed by atoms with Gasteiger partial charge in [-0.2, -0.15) is 0 Å². The highest BCUT2D eigenvalue weighted by Crippen LogP contribution is 2.33. The van der Waals surface area contributed by atoms with E-state index in [0.29, 0.717) is 0 Å². The van der Waals surface area contributed by atoms with E-state index >= 15 is 0 Å². The Kier molecular flexibility index (Phi) is 1.97. The van der Waals surface area contributed by atoms with Gasteiger partial charge in [0.1, 0.15) is 11.5 Å². The van der Waals surface area contributed by atoms with Crippen LogP contribution in [0.3, 0.4) is 0 Å². The molecule has 0 bridgehead atoms. The quantitative estimate of drug-likeness (QED) is 0.688. The fraction of sp³-hybridized carbons (Fsp3) is 0.273. The molecule has 1 aliphatic rings. The van der Waals surface area contributed by atoms with Crippen molar-refractivity contribution in [2.75, 3.05) is 14.2 Å². The van der Waals surface area contributed by atoms with E-state index in [9.17, 15) is 0 Å². The molecule has 0 radical (unpaired) electrons. The van der Waals surface area contributed by atoms with Crippen LogP contribution in [0.25, 0.3) is 6.08 Å². The molecular weight excluding hydrogens is 164 g/mol. The SMILES string of the molecule is COc1cc2c(c(OC)c1)CC=C2. The predicted octanol–water partition coefficient (Wildman–Crippen LogP) is 2.27. The molecule has 0 spiro atoms. The van der Waals surface area contributed by atoms with Crippen LogP contribution in [0.2, 0.25) is 0 Å². The Labute approximate surface area is 77.8 Å². The van der Waals surface area contributed by atoms with Crippen molar-refractivity contribution < 1.29 is 9.47 Å². The van der Waals surface area contributed by atoms with E-state index in [-0.39, 0.29) is 0 Å². The highest BCUT2D eigenvalue weighted by molar-refractivity contribution is 5.66. The summed E-state index contributed by atoms with van der Waals surface area (Å²) < 4.78 is 10.4. The lowest BCUT2D eigenvalue weighted by atomic mass is 10.1. The van der Waals surface area contributed by atoms with Crippen LogP contribution in [0.15, 0.2) is 18.2 Å². The third-order valence-electron chi connectivity index (χ3n) is 2.29. The number of benzene rings is 1. The molecule has 2 nitrogen and oxygen atoms in total. The molecule has 0 atom stereocenters. The van der Waals surface area contributed by atoms with E-state index in [0.717, 1.165) is 17.9 Å². The first-order valence-electron chi connectivity index (χ1n) is 4.26. The van der Waals surface area contributed by atoms with Gasteiger partial charge >= 0.3 is 0 Å². The van der Waals surface area contributed by atoms with Crippen LogP contribution < -0.4 is 9.47 Å². The Hall–Kier alpha value is -1.44. The van der Waals surface area contributed by atoms with Gasteiger partial charge < -0.3 is 9.47 Å². The second kappa shape index (κ2) is 3.13. The number of hydrogen-bond donors (Lipinski definition) is 0. The Morgan fingerprint density at radius 1 is 1.15 bits per heavy atom. The molecule has 0 saturated heterocycles. The summed E-state index contributed by atoms with van der Waals surface area (Å²) in [4.78, 5) is 0. The lowest BCUT2D eigenvalue weighted by Crippen LogP contribution is -1.93. The molecule has 1 aromatic carbocycles. The molecule has 13 heavy (non-hydrogen) atoms. The molecule has 0 N–H and O–H groups in total. The summed E-state index contributed by atoms with van der Waals surface area (Å²) in [6.07, 6.45) is 5.19. The van der Waals surface area contributed by atoms with Crippen LogP contribution in [0.4, 0.5) is 0 Å². The maximum atomic E-state index is 5.28. The number of allylic oxidation sites excluding steroid dienone is 1. The van der Waals surface area contributed by atoms with Gasteiger partial charge in [0.05, 0.1) is 14.2 Å². The summed E-state index contributed by atoms with van der Waals surface area (Å²) in [5.74, 6) is 1.77. The maximum absolute atomic E-state index is 5.28. The molecule has 0 unspecified atom stereocenters. The monoisotopic (exact) mass is 176 g/mol. The predicted molar refractivity (Wildman–Crippen MR) is 52.3 cm³/mol. The van der Waals surface area contributed by atoms with Crippen LogP contribution >= 0.6 is 0 Å². The van der Waals surface area contributed by atoms with Gasteiger partial charge in [-0.3, -0.25) is 0 Å². The van der Waals surface area contributed by atoms with Gasteiger partial charge in [-0.1, -0.05) is 12.2 Å². The van der Waals surface area contributed by atoms with Crippen molar-refractivity contribution in [2.24, 2.45) is 0 Å². The zero-order chi connectivity index (χ0) is 9.26. The van der Waals surface area contributed by atoms with Crippen LogP contribution in [-0.4, -0.2) is 14.2 Å². The zero-order valence-corrected chi connectivity index (χ0v) is 7.83. The van der Waals surface area contributed by atoms with Crippen molar-refractivity contribution in [2.45, 2.75) is 6.42 Å². The van der Waals surface area contributed by atoms with Crippen LogP contribution in [0.1, 0.15) is 11.1 Å². The van der Waals surface area contributed by atoms with Gasteiger partial charge in [0, 0.05) is 11.6 Å². The fourth-order valence-electron chi connectivity index (χ4n) is 1.61. The van der Waals surface area contributed by atoms with E-state index in [2.05, 4.69) is 12.2 Å². The first-order chi connectivity index (χ1) is 6.35. The molecule has 0 aliphatic heterocycles. The summed E-state index contributed by atoms with van der Waals surface area (Å²) in [6.45, 7) is 0. The standard InChI is InChI=1S/C11H12O2/c1-12-9-6-8-4-3-5-10(8)11(7-9)13-2/h3-4,6-7H,5H2,1-2H3. The lowest BCUT2D eigenvalue weighted by molar-refractivity contribution is 0.392. The summed E-state index contributed by atoms with van der Waals surface area (Å²) in [6, 6.07) is 3.95. The molecule has 0 amide bonds. The minimum atomic E-state index is 0.849. The molecule has 0 fully saturated rings. The van der Waals surface area contributed by atoms with Gasteiger partial charge in [0.15, 0.2) is 0 Å². The Balaban J connectivity index is 2.53. The molecule has 2 heteroatoms. The van der Waals surface area contributed by atoms with Crippen molar-refractivity contribution in [1.29, 1.82) is 0 Å². The normalized spacial score (nSPS) is 12.8. The van der Waals surface area contributed by atoms with Crippen molar-refractivity contribution in [3.05, 3.63) is 29.3 Å². The lowest BCUT2D eigenvalue weighted by Gasteiger charge is -2.09. The highest BCUT2D eigenvalue weighted by Gasteiger charge is 2.12. The second-order valence-electron chi connectivity index (χ2n) is 3.00.